The molecule has 0 aliphatic heterocycles. The molecular weight excluding hydrogens is 226 g/mol. The summed E-state index contributed by atoms with van der Waals surface area (Å²) in [7, 11) is 0. The van der Waals surface area contributed by atoms with Gasteiger partial charge in [0.25, 0.3) is 0 Å². The highest BCUT2D eigenvalue weighted by Crippen LogP contribution is 2.38. The third kappa shape index (κ3) is 4.43. The highest BCUT2D eigenvalue weighted by atomic mass is 32.2. The molecular formula is C11H19NO3S. The lowest BCUT2D eigenvalue weighted by Crippen LogP contribution is -2.29. The number of carboxylic acid groups (broad SMARTS) is 1. The van der Waals surface area contributed by atoms with E-state index in [-0.39, 0.29) is 16.6 Å². The van der Waals surface area contributed by atoms with Crippen molar-refractivity contribution in [2.24, 2.45) is 11.8 Å². The maximum atomic E-state index is 11.5. The van der Waals surface area contributed by atoms with Gasteiger partial charge in [-0.2, -0.15) is 11.8 Å². The van der Waals surface area contributed by atoms with E-state index in [1.165, 1.54) is 0 Å². The summed E-state index contributed by atoms with van der Waals surface area (Å²) >= 11 is 1.78. The first-order valence-electron chi connectivity index (χ1n) is 5.46. The quantitative estimate of drug-likeness (QED) is 0.718. The van der Waals surface area contributed by atoms with Crippen molar-refractivity contribution in [1.82, 2.24) is 5.32 Å². The summed E-state index contributed by atoms with van der Waals surface area (Å²) < 4.78 is 0.202. The second kappa shape index (κ2) is 5.08. The van der Waals surface area contributed by atoms with Crippen molar-refractivity contribution < 1.29 is 14.7 Å². The maximum Gasteiger partial charge on any atom is 0.307 e. The van der Waals surface area contributed by atoms with Gasteiger partial charge in [0.15, 0.2) is 0 Å². The minimum atomic E-state index is -0.857. The van der Waals surface area contributed by atoms with Gasteiger partial charge < -0.3 is 10.4 Å². The molecule has 0 bridgehead atoms. The van der Waals surface area contributed by atoms with E-state index in [1.54, 1.807) is 11.8 Å². The molecule has 1 rings (SSSR count). The number of rotatable bonds is 5. The first-order chi connectivity index (χ1) is 7.31. The molecule has 5 heteroatoms. The van der Waals surface area contributed by atoms with Crippen LogP contribution in [-0.2, 0) is 9.59 Å². The van der Waals surface area contributed by atoms with Gasteiger partial charge in [0.1, 0.15) is 0 Å². The van der Waals surface area contributed by atoms with Crippen molar-refractivity contribution in [2.45, 2.75) is 31.9 Å². The van der Waals surface area contributed by atoms with Gasteiger partial charge in [-0.05, 0) is 6.42 Å². The topological polar surface area (TPSA) is 66.4 Å². The van der Waals surface area contributed by atoms with E-state index in [0.29, 0.717) is 13.0 Å². The fourth-order valence-corrected chi connectivity index (χ4v) is 2.24. The molecule has 0 aromatic carbocycles. The van der Waals surface area contributed by atoms with Crippen molar-refractivity contribution in [3.63, 3.8) is 0 Å². The molecule has 0 saturated heterocycles. The molecule has 0 spiro atoms. The number of carbonyl (C=O) groups excluding carboxylic acids is 1. The van der Waals surface area contributed by atoms with Gasteiger partial charge in [-0.15, -0.1) is 0 Å². The van der Waals surface area contributed by atoms with Gasteiger partial charge in [0.2, 0.25) is 5.91 Å². The Balaban J connectivity index is 2.11. The minimum absolute atomic E-state index is 0.109. The van der Waals surface area contributed by atoms with E-state index in [4.69, 9.17) is 5.11 Å². The summed E-state index contributed by atoms with van der Waals surface area (Å²) in [6.45, 7) is 6.99. The predicted molar refractivity (Wildman–Crippen MR) is 64.5 cm³/mol. The predicted octanol–water partition coefficient (Wildman–Crippen LogP) is 1.35. The number of hydrogen-bond acceptors (Lipinski definition) is 3. The van der Waals surface area contributed by atoms with Crippen LogP contribution in [-0.4, -0.2) is 34.0 Å². The van der Waals surface area contributed by atoms with Crippen molar-refractivity contribution >= 4 is 23.6 Å². The van der Waals surface area contributed by atoms with E-state index < -0.39 is 11.9 Å². The van der Waals surface area contributed by atoms with Crippen LogP contribution in [0.4, 0.5) is 0 Å². The second-order valence-corrected chi connectivity index (χ2v) is 6.96. The Labute approximate surface area is 100 Å². The molecule has 0 radical (unpaired) electrons. The fourth-order valence-electron chi connectivity index (χ4n) is 1.42. The molecule has 0 aromatic rings. The Hall–Kier alpha value is -0.710. The smallest absolute Gasteiger partial charge is 0.307 e. The molecule has 0 heterocycles. The highest BCUT2D eigenvalue weighted by Gasteiger charge is 2.48. The van der Waals surface area contributed by atoms with E-state index in [0.717, 1.165) is 5.75 Å². The molecule has 1 saturated carbocycles. The van der Waals surface area contributed by atoms with Crippen molar-refractivity contribution in [3.05, 3.63) is 0 Å². The number of carboxylic acids is 1. The molecule has 1 fully saturated rings. The Morgan fingerprint density at radius 3 is 2.44 bits per heavy atom. The molecule has 1 aliphatic carbocycles. The van der Waals surface area contributed by atoms with Gasteiger partial charge >= 0.3 is 5.97 Å². The van der Waals surface area contributed by atoms with Gasteiger partial charge in [-0.25, -0.2) is 0 Å². The zero-order valence-electron chi connectivity index (χ0n) is 9.95. The average molecular weight is 245 g/mol. The first kappa shape index (κ1) is 13.4. The van der Waals surface area contributed by atoms with Gasteiger partial charge in [0.05, 0.1) is 11.8 Å². The van der Waals surface area contributed by atoms with Crippen LogP contribution in [0, 0.1) is 11.8 Å². The summed E-state index contributed by atoms with van der Waals surface area (Å²) in [4.78, 5) is 22.0. The summed E-state index contributed by atoms with van der Waals surface area (Å²) in [6, 6.07) is 0. The molecule has 2 N–H and O–H groups in total. The third-order valence-corrected chi connectivity index (χ3v) is 3.66. The van der Waals surface area contributed by atoms with E-state index >= 15 is 0 Å². The molecule has 2 atom stereocenters. The molecule has 0 aromatic heterocycles. The van der Waals surface area contributed by atoms with Crippen LogP contribution in [0.5, 0.6) is 0 Å². The molecule has 16 heavy (non-hydrogen) atoms. The Kier molecular flexibility index (Phi) is 4.24. The van der Waals surface area contributed by atoms with E-state index in [2.05, 4.69) is 26.1 Å². The number of thioether (sulfide) groups is 1. The second-order valence-electron chi connectivity index (χ2n) is 5.04. The molecule has 1 amide bonds. The molecule has 0 unspecified atom stereocenters. The van der Waals surface area contributed by atoms with Crippen LogP contribution in [0.2, 0.25) is 0 Å². The average Bonchev–Trinajstić information content (AvgIpc) is 2.89. The summed E-state index contributed by atoms with van der Waals surface area (Å²) in [5, 5.41) is 11.4. The standard InChI is InChI=1S/C11H19NO3S/c1-11(2,3)16-5-4-12-9(13)7-6-8(7)10(14)15/h7-8H,4-6H2,1-3H3,(H,12,13)(H,14,15)/t7-,8-/m1/s1. The number of carbonyl (C=O) groups is 2. The fraction of sp³-hybridized carbons (Fsp3) is 0.818. The van der Waals surface area contributed by atoms with Gasteiger partial charge in [-0.1, -0.05) is 20.8 Å². The third-order valence-electron chi connectivity index (χ3n) is 2.38. The zero-order valence-corrected chi connectivity index (χ0v) is 10.8. The first-order valence-corrected chi connectivity index (χ1v) is 6.44. The number of aliphatic carboxylic acids is 1. The largest absolute Gasteiger partial charge is 0.481 e. The van der Waals surface area contributed by atoms with Crippen LogP contribution in [0.1, 0.15) is 27.2 Å². The van der Waals surface area contributed by atoms with E-state index in [9.17, 15) is 9.59 Å². The van der Waals surface area contributed by atoms with Crippen molar-refractivity contribution in [3.8, 4) is 0 Å². The van der Waals surface area contributed by atoms with Crippen molar-refractivity contribution in [2.75, 3.05) is 12.3 Å². The molecule has 92 valence electrons. The normalized spacial score (nSPS) is 23.9. The summed E-state index contributed by atoms with van der Waals surface area (Å²) in [6.07, 6.45) is 0.494. The maximum absolute atomic E-state index is 11.5. The van der Waals surface area contributed by atoms with Gasteiger partial charge in [-0.3, -0.25) is 9.59 Å². The molecule has 4 nitrogen and oxygen atoms in total. The van der Waals surface area contributed by atoms with Crippen LogP contribution < -0.4 is 5.32 Å². The Morgan fingerprint density at radius 2 is 2.00 bits per heavy atom. The number of amides is 1. The van der Waals surface area contributed by atoms with Crippen LogP contribution >= 0.6 is 11.8 Å². The van der Waals surface area contributed by atoms with Crippen LogP contribution in [0.25, 0.3) is 0 Å². The Morgan fingerprint density at radius 1 is 1.38 bits per heavy atom. The highest BCUT2D eigenvalue weighted by molar-refractivity contribution is 8.00. The zero-order chi connectivity index (χ0) is 12.3. The monoisotopic (exact) mass is 245 g/mol. The van der Waals surface area contributed by atoms with E-state index in [1.807, 2.05) is 0 Å². The summed E-state index contributed by atoms with van der Waals surface area (Å²) in [5.41, 5.74) is 0. The Bertz CT molecular complexity index is 285. The SMILES string of the molecule is CC(C)(C)SCCNC(=O)[C@@H]1C[C@H]1C(=O)O. The lowest BCUT2D eigenvalue weighted by molar-refractivity contribution is -0.140. The lowest BCUT2D eigenvalue weighted by atomic mass is 10.3. The minimum Gasteiger partial charge on any atom is -0.481 e. The van der Waals surface area contributed by atoms with Crippen LogP contribution in [0.15, 0.2) is 0 Å². The van der Waals surface area contributed by atoms with Crippen molar-refractivity contribution in [1.29, 1.82) is 0 Å². The number of nitrogens with one attached hydrogen (secondary N) is 1. The molecule has 1 aliphatic rings. The van der Waals surface area contributed by atoms with Gasteiger partial charge in [0, 0.05) is 17.0 Å². The number of hydrogen-bond donors (Lipinski definition) is 2. The summed E-state index contributed by atoms with van der Waals surface area (Å²) in [5.74, 6) is -0.849. The van der Waals surface area contributed by atoms with Crippen LogP contribution in [0.3, 0.4) is 0 Å². The lowest BCUT2D eigenvalue weighted by Gasteiger charge is -2.17.